The number of hydrogen-bond acceptors (Lipinski definition) is 6. The van der Waals surface area contributed by atoms with Crippen molar-refractivity contribution < 1.29 is 18.0 Å². The van der Waals surface area contributed by atoms with Gasteiger partial charge in [-0.2, -0.15) is 13.2 Å². The van der Waals surface area contributed by atoms with Gasteiger partial charge in [-0.15, -0.1) is 5.10 Å². The second-order valence-electron chi connectivity index (χ2n) is 13.3. The third-order valence-electron chi connectivity index (χ3n) is 10.5. The van der Waals surface area contributed by atoms with Crippen LogP contribution in [0.5, 0.6) is 0 Å². The Balaban J connectivity index is 1.12. The highest BCUT2D eigenvalue weighted by Gasteiger charge is 2.45. The third kappa shape index (κ3) is 5.44. The van der Waals surface area contributed by atoms with Gasteiger partial charge in [0, 0.05) is 61.2 Å². The highest BCUT2D eigenvalue weighted by Crippen LogP contribution is 2.46. The van der Waals surface area contributed by atoms with Crippen LogP contribution in [0.4, 0.5) is 18.9 Å². The van der Waals surface area contributed by atoms with Crippen molar-refractivity contribution in [2.75, 3.05) is 31.1 Å². The van der Waals surface area contributed by atoms with E-state index >= 15 is 0 Å². The van der Waals surface area contributed by atoms with Crippen molar-refractivity contribution in [3.63, 3.8) is 0 Å². The van der Waals surface area contributed by atoms with E-state index in [1.54, 1.807) is 0 Å². The number of aromatic nitrogens is 2. The second kappa shape index (κ2) is 11.3. The monoisotopic (exact) mass is 621 g/mol. The number of anilines is 1. The van der Waals surface area contributed by atoms with E-state index in [-0.39, 0.29) is 23.8 Å². The summed E-state index contributed by atoms with van der Waals surface area (Å²) in [5.74, 6) is 0.635. The molecule has 3 aromatic rings. The molecule has 3 fully saturated rings. The summed E-state index contributed by atoms with van der Waals surface area (Å²) in [6.45, 7) is 9.87. The van der Waals surface area contributed by atoms with E-state index in [4.69, 9.17) is 0 Å². The molecule has 3 aliphatic heterocycles. The van der Waals surface area contributed by atoms with E-state index in [1.807, 2.05) is 23.1 Å². The van der Waals surface area contributed by atoms with Crippen LogP contribution in [-0.2, 0) is 30.6 Å². The van der Waals surface area contributed by atoms with Gasteiger partial charge in [0.1, 0.15) is 0 Å². The molecule has 44 heavy (non-hydrogen) atoms. The first-order valence-corrected chi connectivity index (χ1v) is 16.4. The highest BCUT2D eigenvalue weighted by atomic mass is 32.1. The van der Waals surface area contributed by atoms with Crippen LogP contribution >= 0.6 is 11.5 Å². The number of hydrogen-bond donors (Lipinski definition) is 0. The molecule has 0 radical (unpaired) electrons. The van der Waals surface area contributed by atoms with Crippen LogP contribution in [0.25, 0.3) is 0 Å². The summed E-state index contributed by atoms with van der Waals surface area (Å²) in [5, 5.41) is 4.49. The zero-order chi connectivity index (χ0) is 30.6. The summed E-state index contributed by atoms with van der Waals surface area (Å²) in [4.78, 5) is 19.4. The SMILES string of the molecule is C=CC(=O)N1CC[C@]2(CCN(Cc3cc4c(c(C(F)(F)F)c3)CN(c3cccc([C@H](c5nnsc5C)C5CCC5)c3)C4)C2)C1. The number of carbonyl (C=O) groups is 1. The predicted molar refractivity (Wildman–Crippen MR) is 165 cm³/mol. The minimum Gasteiger partial charge on any atom is -0.363 e. The van der Waals surface area contributed by atoms with Crippen molar-refractivity contribution >= 4 is 23.1 Å². The van der Waals surface area contributed by atoms with Crippen molar-refractivity contribution in [1.82, 2.24) is 19.4 Å². The lowest BCUT2D eigenvalue weighted by molar-refractivity contribution is -0.138. The molecule has 1 aromatic heterocycles. The van der Waals surface area contributed by atoms with E-state index in [0.717, 1.165) is 60.6 Å². The number of carbonyl (C=O) groups excluding carboxylic acids is 1. The number of rotatable bonds is 7. The van der Waals surface area contributed by atoms with Gasteiger partial charge in [-0.3, -0.25) is 9.69 Å². The number of halogens is 3. The van der Waals surface area contributed by atoms with Crippen molar-refractivity contribution in [3.8, 4) is 0 Å². The normalized spacial score (nSPS) is 22.9. The van der Waals surface area contributed by atoms with E-state index in [0.29, 0.717) is 43.2 Å². The van der Waals surface area contributed by atoms with Crippen molar-refractivity contribution in [1.29, 1.82) is 0 Å². The van der Waals surface area contributed by atoms with Gasteiger partial charge in [-0.25, -0.2) is 0 Å². The first-order chi connectivity index (χ1) is 21.1. The Morgan fingerprint density at radius 3 is 2.68 bits per heavy atom. The summed E-state index contributed by atoms with van der Waals surface area (Å²) < 4.78 is 47.6. The second-order valence-corrected chi connectivity index (χ2v) is 14.2. The maximum absolute atomic E-state index is 14.5. The van der Waals surface area contributed by atoms with E-state index in [9.17, 15) is 18.0 Å². The van der Waals surface area contributed by atoms with Gasteiger partial charge in [-0.05, 0) is 103 Å². The topological polar surface area (TPSA) is 52.6 Å². The molecule has 4 heterocycles. The summed E-state index contributed by atoms with van der Waals surface area (Å²) >= 11 is 1.42. The highest BCUT2D eigenvalue weighted by molar-refractivity contribution is 7.05. The Morgan fingerprint density at radius 1 is 1.16 bits per heavy atom. The molecule has 0 unspecified atom stereocenters. The van der Waals surface area contributed by atoms with Gasteiger partial charge < -0.3 is 9.80 Å². The van der Waals surface area contributed by atoms with Crippen LogP contribution in [0.1, 0.15) is 76.4 Å². The first kappa shape index (κ1) is 29.5. The standard InChI is InChI=1S/C34H38F3N5OS/c1-3-30(43)41-13-11-33(21-41)10-12-40(20-33)17-23-14-26-18-42(19-28(26)29(15-23)34(35,36)37)27-9-5-8-25(16-27)31(24-6-4-7-24)32-22(2)44-39-38-32/h3,5,8-9,14-16,24,31H,1,4,6-7,10-13,17-21H2,2H3/t31-,33+/m1/s1. The minimum absolute atomic E-state index is 0.0224. The summed E-state index contributed by atoms with van der Waals surface area (Å²) in [5.41, 5.74) is 4.50. The predicted octanol–water partition coefficient (Wildman–Crippen LogP) is 6.93. The molecule has 1 spiro atoms. The van der Waals surface area contributed by atoms with Crippen molar-refractivity contribution in [2.45, 2.75) is 70.8 Å². The lowest BCUT2D eigenvalue weighted by Gasteiger charge is -2.34. The van der Waals surface area contributed by atoms with E-state index in [2.05, 4.69) is 45.0 Å². The van der Waals surface area contributed by atoms with E-state index in [1.165, 1.54) is 35.7 Å². The molecule has 2 aromatic carbocycles. The van der Waals surface area contributed by atoms with Crippen LogP contribution < -0.4 is 4.90 Å². The number of alkyl halides is 3. The lowest BCUT2D eigenvalue weighted by Crippen LogP contribution is -2.33. The molecule has 0 bridgehead atoms. The number of amides is 1. The van der Waals surface area contributed by atoms with Gasteiger partial charge in [0.2, 0.25) is 5.91 Å². The van der Waals surface area contributed by atoms with Gasteiger partial charge in [0.25, 0.3) is 0 Å². The molecule has 2 saturated heterocycles. The molecule has 0 N–H and O–H groups in total. The molecular weight excluding hydrogens is 583 g/mol. The Labute approximate surface area is 260 Å². The fraction of sp³-hybridized carbons (Fsp3) is 0.500. The van der Waals surface area contributed by atoms with Gasteiger partial charge in [-0.1, -0.05) is 35.7 Å². The maximum atomic E-state index is 14.5. The summed E-state index contributed by atoms with van der Waals surface area (Å²) in [7, 11) is 0. The van der Waals surface area contributed by atoms with Crippen LogP contribution in [0.3, 0.4) is 0 Å². The van der Waals surface area contributed by atoms with Crippen molar-refractivity contribution in [3.05, 3.63) is 87.4 Å². The zero-order valence-electron chi connectivity index (χ0n) is 25.1. The van der Waals surface area contributed by atoms with Gasteiger partial charge in [0.15, 0.2) is 0 Å². The van der Waals surface area contributed by atoms with Crippen LogP contribution in [0, 0.1) is 18.3 Å². The fourth-order valence-electron chi connectivity index (χ4n) is 7.98. The largest absolute Gasteiger partial charge is 0.416 e. The van der Waals surface area contributed by atoms with Crippen LogP contribution in [0.2, 0.25) is 0 Å². The average molecular weight is 622 g/mol. The molecule has 7 rings (SSSR count). The average Bonchev–Trinajstić information content (AvgIpc) is 3.77. The minimum atomic E-state index is -4.42. The summed E-state index contributed by atoms with van der Waals surface area (Å²) in [6.07, 6.45) is 2.34. The van der Waals surface area contributed by atoms with Crippen LogP contribution in [0.15, 0.2) is 49.1 Å². The number of aryl methyl sites for hydroxylation is 1. The number of likely N-dealkylation sites (tertiary alicyclic amines) is 2. The maximum Gasteiger partial charge on any atom is 0.416 e. The Kier molecular flexibility index (Phi) is 7.56. The lowest BCUT2D eigenvalue weighted by atomic mass is 9.71. The molecule has 10 heteroatoms. The molecule has 1 saturated carbocycles. The molecule has 2 atom stereocenters. The Hall–Kier alpha value is -3.24. The first-order valence-electron chi connectivity index (χ1n) is 15.6. The number of nitrogens with zero attached hydrogens (tertiary/aromatic N) is 5. The molecular formula is C34H38F3N5OS. The zero-order valence-corrected chi connectivity index (χ0v) is 25.9. The third-order valence-corrected chi connectivity index (χ3v) is 11.1. The van der Waals surface area contributed by atoms with Crippen LogP contribution in [-0.4, -0.2) is 51.5 Å². The van der Waals surface area contributed by atoms with Gasteiger partial charge in [0.05, 0.1) is 11.3 Å². The van der Waals surface area contributed by atoms with Gasteiger partial charge >= 0.3 is 6.18 Å². The Morgan fingerprint density at radius 2 is 1.98 bits per heavy atom. The molecule has 1 aliphatic carbocycles. The van der Waals surface area contributed by atoms with Crippen molar-refractivity contribution in [2.24, 2.45) is 11.3 Å². The number of benzene rings is 2. The molecule has 4 aliphatic rings. The molecule has 232 valence electrons. The fourth-order valence-corrected chi connectivity index (χ4v) is 8.49. The molecule has 1 amide bonds. The smallest absolute Gasteiger partial charge is 0.363 e. The summed E-state index contributed by atoms with van der Waals surface area (Å²) in [6, 6.07) is 11.7. The number of fused-ring (bicyclic) bond motifs is 1. The quantitative estimate of drug-likeness (QED) is 0.268. The van der Waals surface area contributed by atoms with E-state index < -0.39 is 11.7 Å². The Bertz CT molecular complexity index is 1580. The molecule has 6 nitrogen and oxygen atoms in total.